The van der Waals surface area contributed by atoms with Crippen LogP contribution < -0.4 is 10.1 Å². The first-order valence-electron chi connectivity index (χ1n) is 8.71. The molecule has 0 unspecified atom stereocenters. The Hall–Kier alpha value is -3.66. The fourth-order valence-electron chi connectivity index (χ4n) is 2.84. The minimum atomic E-state index is -0.150. The standard InChI is InChI=1S/C23H18N2O2/c26-23(19-12-11-17-6-1-2-7-18(17)14-19)25-20-9-5-10-22(15-20)27-16-21-8-3-4-13-24-21/h1-15H,16H2,(H,25,26). The highest BCUT2D eigenvalue weighted by molar-refractivity contribution is 6.06. The molecule has 4 aromatic rings. The smallest absolute Gasteiger partial charge is 0.255 e. The highest BCUT2D eigenvalue weighted by Gasteiger charge is 2.08. The lowest BCUT2D eigenvalue weighted by Gasteiger charge is -2.09. The quantitative estimate of drug-likeness (QED) is 0.545. The number of fused-ring (bicyclic) bond motifs is 1. The molecule has 27 heavy (non-hydrogen) atoms. The molecule has 3 aromatic carbocycles. The van der Waals surface area contributed by atoms with E-state index >= 15 is 0 Å². The van der Waals surface area contributed by atoms with Crippen molar-refractivity contribution in [1.29, 1.82) is 0 Å². The molecule has 1 N–H and O–H groups in total. The van der Waals surface area contributed by atoms with Crippen molar-refractivity contribution < 1.29 is 9.53 Å². The fraction of sp³-hybridized carbons (Fsp3) is 0.0435. The molecule has 1 aromatic heterocycles. The Morgan fingerprint density at radius 2 is 1.70 bits per heavy atom. The highest BCUT2D eigenvalue weighted by atomic mass is 16.5. The number of benzene rings is 3. The topological polar surface area (TPSA) is 51.2 Å². The van der Waals surface area contributed by atoms with Gasteiger partial charge in [-0.15, -0.1) is 0 Å². The molecule has 0 bridgehead atoms. The van der Waals surface area contributed by atoms with Crippen molar-refractivity contribution in [2.75, 3.05) is 5.32 Å². The summed E-state index contributed by atoms with van der Waals surface area (Å²) in [6, 6.07) is 26.7. The number of anilines is 1. The van der Waals surface area contributed by atoms with E-state index in [1.807, 2.05) is 84.9 Å². The second-order valence-corrected chi connectivity index (χ2v) is 6.15. The molecular weight excluding hydrogens is 336 g/mol. The molecule has 0 fully saturated rings. The molecule has 4 rings (SSSR count). The number of nitrogens with zero attached hydrogens (tertiary/aromatic N) is 1. The summed E-state index contributed by atoms with van der Waals surface area (Å²) in [5.74, 6) is 0.527. The van der Waals surface area contributed by atoms with Gasteiger partial charge in [0, 0.05) is 23.5 Å². The summed E-state index contributed by atoms with van der Waals surface area (Å²) in [6.45, 7) is 0.378. The third-order valence-corrected chi connectivity index (χ3v) is 4.22. The number of hydrogen-bond donors (Lipinski definition) is 1. The zero-order valence-corrected chi connectivity index (χ0v) is 14.6. The lowest BCUT2D eigenvalue weighted by Crippen LogP contribution is -2.11. The van der Waals surface area contributed by atoms with E-state index in [0.717, 1.165) is 16.5 Å². The Bertz CT molecular complexity index is 1080. The van der Waals surface area contributed by atoms with E-state index in [2.05, 4.69) is 10.3 Å². The molecular formula is C23H18N2O2. The summed E-state index contributed by atoms with van der Waals surface area (Å²) >= 11 is 0. The first-order valence-corrected chi connectivity index (χ1v) is 8.71. The van der Waals surface area contributed by atoms with Crippen LogP contribution in [0.3, 0.4) is 0 Å². The number of rotatable bonds is 5. The number of aromatic nitrogens is 1. The van der Waals surface area contributed by atoms with Gasteiger partial charge in [-0.1, -0.05) is 42.5 Å². The average Bonchev–Trinajstić information content (AvgIpc) is 2.73. The molecule has 0 radical (unpaired) electrons. The monoisotopic (exact) mass is 354 g/mol. The molecule has 0 aliphatic heterocycles. The van der Waals surface area contributed by atoms with Gasteiger partial charge in [-0.2, -0.15) is 0 Å². The van der Waals surface area contributed by atoms with Gasteiger partial charge in [0.1, 0.15) is 12.4 Å². The molecule has 132 valence electrons. The van der Waals surface area contributed by atoms with Crippen LogP contribution in [0.2, 0.25) is 0 Å². The molecule has 0 atom stereocenters. The summed E-state index contributed by atoms with van der Waals surface area (Å²) < 4.78 is 5.76. The SMILES string of the molecule is O=C(Nc1cccc(OCc2ccccn2)c1)c1ccc2ccccc2c1. The second-order valence-electron chi connectivity index (χ2n) is 6.15. The number of amides is 1. The zero-order valence-electron chi connectivity index (χ0n) is 14.6. The van der Waals surface area contributed by atoms with Crippen molar-refractivity contribution in [3.63, 3.8) is 0 Å². The van der Waals surface area contributed by atoms with Crippen LogP contribution in [0.25, 0.3) is 10.8 Å². The minimum Gasteiger partial charge on any atom is -0.487 e. The Morgan fingerprint density at radius 3 is 2.56 bits per heavy atom. The van der Waals surface area contributed by atoms with Crippen molar-refractivity contribution in [2.45, 2.75) is 6.61 Å². The molecule has 4 heteroatoms. The third kappa shape index (κ3) is 4.12. The number of carbonyl (C=O) groups excluding carboxylic acids is 1. The van der Waals surface area contributed by atoms with Crippen LogP contribution >= 0.6 is 0 Å². The number of pyridine rings is 1. The van der Waals surface area contributed by atoms with Gasteiger partial charge in [-0.05, 0) is 47.2 Å². The predicted molar refractivity (Wildman–Crippen MR) is 107 cm³/mol. The molecule has 4 nitrogen and oxygen atoms in total. The van der Waals surface area contributed by atoms with E-state index in [4.69, 9.17) is 4.74 Å². The van der Waals surface area contributed by atoms with Gasteiger partial charge in [-0.3, -0.25) is 9.78 Å². The highest BCUT2D eigenvalue weighted by Crippen LogP contribution is 2.20. The van der Waals surface area contributed by atoms with Gasteiger partial charge >= 0.3 is 0 Å². The van der Waals surface area contributed by atoms with Gasteiger partial charge in [0.15, 0.2) is 0 Å². The molecule has 1 amide bonds. The van der Waals surface area contributed by atoms with E-state index in [9.17, 15) is 4.79 Å². The van der Waals surface area contributed by atoms with Crippen LogP contribution in [-0.4, -0.2) is 10.9 Å². The molecule has 1 heterocycles. The number of ether oxygens (including phenoxy) is 1. The maximum atomic E-state index is 12.6. The first kappa shape index (κ1) is 16.8. The Kier molecular flexibility index (Phi) is 4.79. The Labute approximate surface area is 157 Å². The average molecular weight is 354 g/mol. The summed E-state index contributed by atoms with van der Waals surface area (Å²) in [5, 5.41) is 5.08. The lowest BCUT2D eigenvalue weighted by atomic mass is 10.1. The van der Waals surface area contributed by atoms with Crippen molar-refractivity contribution in [2.24, 2.45) is 0 Å². The van der Waals surface area contributed by atoms with Gasteiger partial charge in [-0.25, -0.2) is 0 Å². The Morgan fingerprint density at radius 1 is 0.852 bits per heavy atom. The summed E-state index contributed by atoms with van der Waals surface area (Å²) in [4.78, 5) is 16.8. The van der Waals surface area contributed by atoms with Gasteiger partial charge < -0.3 is 10.1 Å². The van der Waals surface area contributed by atoms with Crippen LogP contribution in [0.5, 0.6) is 5.75 Å². The van der Waals surface area contributed by atoms with E-state index in [1.165, 1.54) is 0 Å². The van der Waals surface area contributed by atoms with Crippen LogP contribution in [0.1, 0.15) is 16.1 Å². The third-order valence-electron chi connectivity index (χ3n) is 4.22. The van der Waals surface area contributed by atoms with E-state index in [1.54, 1.807) is 6.20 Å². The predicted octanol–water partition coefficient (Wildman–Crippen LogP) is 5.07. The number of carbonyl (C=O) groups is 1. The van der Waals surface area contributed by atoms with Gasteiger partial charge in [0.2, 0.25) is 0 Å². The first-order chi connectivity index (χ1) is 13.3. The molecule has 0 aliphatic rings. The molecule has 0 aliphatic carbocycles. The lowest BCUT2D eigenvalue weighted by molar-refractivity contribution is 0.102. The van der Waals surface area contributed by atoms with Crippen molar-refractivity contribution in [3.05, 3.63) is 102 Å². The van der Waals surface area contributed by atoms with Gasteiger partial charge in [0.05, 0.1) is 5.69 Å². The number of hydrogen-bond acceptors (Lipinski definition) is 3. The summed E-state index contributed by atoms with van der Waals surface area (Å²) in [6.07, 6.45) is 1.74. The van der Waals surface area contributed by atoms with Gasteiger partial charge in [0.25, 0.3) is 5.91 Å². The van der Waals surface area contributed by atoms with E-state index in [0.29, 0.717) is 23.6 Å². The minimum absolute atomic E-state index is 0.150. The second kappa shape index (κ2) is 7.70. The van der Waals surface area contributed by atoms with Crippen LogP contribution in [0.4, 0.5) is 5.69 Å². The molecule has 0 saturated carbocycles. The molecule has 0 spiro atoms. The largest absolute Gasteiger partial charge is 0.487 e. The van der Waals surface area contributed by atoms with Crippen LogP contribution in [-0.2, 0) is 6.61 Å². The van der Waals surface area contributed by atoms with Crippen LogP contribution in [0.15, 0.2) is 91.1 Å². The maximum Gasteiger partial charge on any atom is 0.255 e. The van der Waals surface area contributed by atoms with Crippen LogP contribution in [0, 0.1) is 0 Å². The number of nitrogens with one attached hydrogen (secondary N) is 1. The Balaban J connectivity index is 1.46. The van der Waals surface area contributed by atoms with Crippen molar-refractivity contribution in [1.82, 2.24) is 4.98 Å². The van der Waals surface area contributed by atoms with Crippen molar-refractivity contribution >= 4 is 22.4 Å². The maximum absolute atomic E-state index is 12.6. The summed E-state index contributed by atoms with van der Waals surface area (Å²) in [7, 11) is 0. The zero-order chi connectivity index (χ0) is 18.5. The fourth-order valence-corrected chi connectivity index (χ4v) is 2.84. The van der Waals surface area contributed by atoms with Crippen molar-refractivity contribution in [3.8, 4) is 5.75 Å². The summed E-state index contributed by atoms with van der Waals surface area (Å²) in [5.41, 5.74) is 2.16. The molecule has 0 saturated heterocycles. The normalized spacial score (nSPS) is 10.5. The van der Waals surface area contributed by atoms with E-state index in [-0.39, 0.29) is 5.91 Å². The van der Waals surface area contributed by atoms with E-state index < -0.39 is 0 Å².